The van der Waals surface area contributed by atoms with Crippen molar-refractivity contribution in [1.82, 2.24) is 0 Å². The molecule has 0 aliphatic rings. The van der Waals surface area contributed by atoms with E-state index in [9.17, 15) is 0 Å². The molecule has 0 saturated carbocycles. The number of fused-ring (bicyclic) bond motifs is 6. The maximum atomic E-state index is 2.42. The summed E-state index contributed by atoms with van der Waals surface area (Å²) in [7, 11) is 0. The molecule has 0 saturated heterocycles. The van der Waals surface area contributed by atoms with Crippen molar-refractivity contribution in [3.8, 4) is 0 Å². The summed E-state index contributed by atoms with van der Waals surface area (Å²) in [4.78, 5) is 0. The molecule has 0 radical (unpaired) electrons. The lowest BCUT2D eigenvalue weighted by molar-refractivity contribution is 1.89. The molecular weight excluding hydrogens is 534 g/mol. The molecule has 0 nitrogen and oxygen atoms in total. The second-order valence-corrected chi connectivity index (χ2v) is 11.3. The number of benzene rings is 3. The summed E-state index contributed by atoms with van der Waals surface area (Å²) in [6.07, 6.45) is 0. The largest absolute Gasteiger partial charge is 0.129 e. The molecule has 0 aliphatic heterocycles. The van der Waals surface area contributed by atoms with Crippen molar-refractivity contribution in [3.05, 3.63) is 54.3 Å². The van der Waals surface area contributed by atoms with Gasteiger partial charge in [-0.1, -0.05) is 12.1 Å². The van der Waals surface area contributed by atoms with Gasteiger partial charge in [0.05, 0.1) is 5.77 Å². The average Bonchev–Trinajstić information content (AvgIpc) is 3.06. The molecule has 0 aliphatic carbocycles. The van der Waals surface area contributed by atoms with Crippen LogP contribution in [0.3, 0.4) is 0 Å². The van der Waals surface area contributed by atoms with Crippen molar-refractivity contribution >= 4 is 110 Å². The first kappa shape index (κ1) is 13.9. The van der Waals surface area contributed by atoms with Crippen LogP contribution in [0.1, 0.15) is 0 Å². The highest BCUT2D eigenvalue weighted by atomic mass is 127. The van der Waals surface area contributed by atoms with E-state index >= 15 is 0 Å². The van der Waals surface area contributed by atoms with Gasteiger partial charge in [-0.15, -0.1) is 22.7 Å². The van der Waals surface area contributed by atoms with Gasteiger partial charge >= 0.3 is 0 Å². The van der Waals surface area contributed by atoms with Gasteiger partial charge < -0.3 is 0 Å². The molecule has 106 valence electrons. The second kappa shape index (κ2) is 5.03. The van der Waals surface area contributed by atoms with Crippen LogP contribution < -0.4 is 0 Å². The molecule has 5 aromatic rings. The predicted octanol–water partition coefficient (Wildman–Crippen LogP) is 7.63. The normalized spacial score (nSPS) is 12.1. The van der Waals surface area contributed by atoms with Gasteiger partial charge in [-0.2, -0.15) is 0 Å². The van der Waals surface area contributed by atoms with Crippen LogP contribution in [0, 0.1) is 5.77 Å². The van der Waals surface area contributed by atoms with Crippen LogP contribution in [-0.4, -0.2) is 0 Å². The van der Waals surface area contributed by atoms with E-state index in [0.717, 1.165) is 0 Å². The molecule has 2 heterocycles. The summed E-state index contributed by atoms with van der Waals surface area (Å²) < 4.78 is 5.45. The third kappa shape index (κ3) is 2.03. The summed E-state index contributed by atoms with van der Waals surface area (Å²) in [6.45, 7) is 0. The first-order valence-corrected chi connectivity index (χ1v) is 10.6. The summed E-state index contributed by atoms with van der Waals surface area (Å²) in [5.74, 6) is 0. The van der Waals surface area contributed by atoms with Crippen LogP contribution in [0.2, 0.25) is 0 Å². The van der Waals surface area contributed by atoms with Crippen molar-refractivity contribution in [1.29, 1.82) is 0 Å². The minimum absolute atomic E-state index is 1.34. The minimum Gasteiger partial charge on any atom is -0.129 e. The van der Waals surface area contributed by atoms with E-state index in [1.165, 1.54) is 47.5 Å². The number of hydrogen-bond acceptors (Lipinski definition) is 2. The molecule has 5 rings (SSSR count). The predicted molar refractivity (Wildman–Crippen MR) is 118 cm³/mol. The van der Waals surface area contributed by atoms with Gasteiger partial charge in [0.25, 0.3) is 0 Å². The molecule has 0 amide bonds. The molecule has 0 fully saturated rings. The Morgan fingerprint density at radius 3 is 1.45 bits per heavy atom. The Hall–Kier alpha value is -0.440. The van der Waals surface area contributed by atoms with E-state index in [0.29, 0.717) is 0 Å². The number of hydrogen-bond donors (Lipinski definition) is 0. The quantitative estimate of drug-likeness (QED) is 0.140. The zero-order valence-corrected chi connectivity index (χ0v) is 17.1. The highest BCUT2D eigenvalue weighted by molar-refractivity contribution is 14.1. The van der Waals surface area contributed by atoms with Crippen molar-refractivity contribution < 1.29 is 0 Å². The Balaban J connectivity index is 2.00. The Morgan fingerprint density at radius 2 is 1.00 bits per heavy atom. The highest BCUT2D eigenvalue weighted by Gasteiger charge is 2.09. The fourth-order valence-electron chi connectivity index (χ4n) is 3.12. The lowest BCUT2D eigenvalue weighted by atomic mass is 9.99. The first-order valence-electron chi connectivity index (χ1n) is 6.83. The van der Waals surface area contributed by atoms with E-state index in [1.54, 1.807) is 0 Å². The molecule has 0 bridgehead atoms. The topological polar surface area (TPSA) is 0 Å². The summed E-state index contributed by atoms with van der Waals surface area (Å²) in [5, 5.41) is 8.18. The maximum Gasteiger partial charge on any atom is 0.0666 e. The van der Waals surface area contributed by atoms with Crippen LogP contribution >= 0.6 is 67.9 Å². The van der Waals surface area contributed by atoms with Crippen molar-refractivity contribution in [3.63, 3.8) is 0 Å². The molecule has 4 heteroatoms. The molecule has 0 spiro atoms. The SMILES string of the molecule is Ic1cc2c(ccc3cc4c(ccc5sc(I)cc54)cc32)s1. The number of rotatable bonds is 0. The second-order valence-electron chi connectivity index (χ2n) is 5.35. The summed E-state index contributed by atoms with van der Waals surface area (Å²) in [5.41, 5.74) is 0. The highest BCUT2D eigenvalue weighted by Crippen LogP contribution is 2.38. The number of halogens is 2. The third-order valence-corrected chi connectivity index (χ3v) is 7.81. The van der Waals surface area contributed by atoms with Crippen molar-refractivity contribution in [2.75, 3.05) is 0 Å². The van der Waals surface area contributed by atoms with E-state index in [4.69, 9.17) is 0 Å². The fourth-order valence-corrected chi connectivity index (χ4v) is 6.77. The van der Waals surface area contributed by atoms with Crippen molar-refractivity contribution in [2.45, 2.75) is 0 Å². The maximum absolute atomic E-state index is 2.42. The summed E-state index contributed by atoms with van der Waals surface area (Å²) >= 11 is 8.57. The van der Waals surface area contributed by atoms with Gasteiger partial charge in [-0.25, -0.2) is 0 Å². The lowest BCUT2D eigenvalue weighted by Crippen LogP contribution is -1.78. The van der Waals surface area contributed by atoms with E-state index in [1.807, 2.05) is 22.7 Å². The molecule has 0 unspecified atom stereocenters. The fraction of sp³-hybridized carbons (Fsp3) is 0. The van der Waals surface area contributed by atoms with Crippen LogP contribution in [0.4, 0.5) is 0 Å². The standard InChI is InChI=1S/C18H8I2S2/c19-17-7-13-11-6-10-2-4-16-14(8-18(20)22-16)12(10)5-9(11)1-3-15(13)21-17/h1-8H. The minimum atomic E-state index is 1.34. The van der Waals surface area contributed by atoms with Gasteiger partial charge in [0.1, 0.15) is 0 Å². The first-order chi connectivity index (χ1) is 10.7. The van der Waals surface area contributed by atoms with Gasteiger partial charge in [-0.05, 0) is 103 Å². The molecule has 3 aromatic carbocycles. The van der Waals surface area contributed by atoms with E-state index in [-0.39, 0.29) is 0 Å². The van der Waals surface area contributed by atoms with Crippen LogP contribution in [-0.2, 0) is 0 Å². The Kier molecular flexibility index (Phi) is 3.19. The molecule has 0 atom stereocenters. The van der Waals surface area contributed by atoms with Gasteiger partial charge in [0.15, 0.2) is 0 Å². The molecule has 22 heavy (non-hydrogen) atoms. The average molecular weight is 542 g/mol. The smallest absolute Gasteiger partial charge is 0.0666 e. The van der Waals surface area contributed by atoms with Gasteiger partial charge in [0.2, 0.25) is 0 Å². The molecule has 0 N–H and O–H groups in total. The summed E-state index contributed by atoms with van der Waals surface area (Å²) in [6, 6.07) is 18.4. The van der Waals surface area contributed by atoms with E-state index in [2.05, 4.69) is 93.7 Å². The zero-order valence-electron chi connectivity index (χ0n) is 11.2. The van der Waals surface area contributed by atoms with Crippen molar-refractivity contribution in [2.24, 2.45) is 0 Å². The zero-order chi connectivity index (χ0) is 14.8. The Morgan fingerprint density at radius 1 is 0.545 bits per heavy atom. The molecular formula is C18H8I2S2. The Bertz CT molecular complexity index is 1100. The van der Waals surface area contributed by atoms with Gasteiger partial charge in [0, 0.05) is 20.2 Å². The number of thiophene rings is 2. The van der Waals surface area contributed by atoms with Crippen LogP contribution in [0.15, 0.2) is 48.5 Å². The van der Waals surface area contributed by atoms with Gasteiger partial charge in [-0.3, -0.25) is 0 Å². The lowest BCUT2D eigenvalue weighted by Gasteiger charge is -2.05. The van der Waals surface area contributed by atoms with Crippen LogP contribution in [0.5, 0.6) is 0 Å². The Labute approximate surface area is 162 Å². The van der Waals surface area contributed by atoms with E-state index < -0.39 is 0 Å². The monoisotopic (exact) mass is 542 g/mol. The molecule has 2 aromatic heterocycles. The van der Waals surface area contributed by atoms with Crippen LogP contribution in [0.25, 0.3) is 41.7 Å². The third-order valence-electron chi connectivity index (χ3n) is 4.09.